The van der Waals surface area contributed by atoms with Crippen LogP contribution in [0.25, 0.3) is 11.4 Å². The lowest BCUT2D eigenvalue weighted by atomic mass is 10.1. The van der Waals surface area contributed by atoms with Crippen LogP contribution in [0.15, 0.2) is 24.3 Å². The summed E-state index contributed by atoms with van der Waals surface area (Å²) in [5, 5.41) is 20.5. The molecule has 2 aromatic rings. The molecule has 16 heavy (non-hydrogen) atoms. The monoisotopic (exact) mass is 213 g/mol. The lowest BCUT2D eigenvalue weighted by Gasteiger charge is -1.98. The number of hydrogen-bond acceptors (Lipinski definition) is 4. The highest BCUT2D eigenvalue weighted by Crippen LogP contribution is 2.17. The number of benzene rings is 1. The van der Waals surface area contributed by atoms with Gasteiger partial charge >= 0.3 is 0 Å². The van der Waals surface area contributed by atoms with Crippen molar-refractivity contribution in [2.24, 2.45) is 0 Å². The Morgan fingerprint density at radius 3 is 2.94 bits per heavy atom. The first-order valence-electron chi connectivity index (χ1n) is 5.02. The fourth-order valence-electron chi connectivity index (χ4n) is 1.42. The Morgan fingerprint density at radius 1 is 1.38 bits per heavy atom. The summed E-state index contributed by atoms with van der Waals surface area (Å²) in [5.74, 6) is 0.607. The van der Waals surface area contributed by atoms with Crippen molar-refractivity contribution in [1.82, 2.24) is 20.2 Å². The highest BCUT2D eigenvalue weighted by atomic mass is 15.6. The molecule has 1 aromatic heterocycles. The Bertz CT molecular complexity index is 523. The van der Waals surface area contributed by atoms with E-state index in [0.717, 1.165) is 11.1 Å². The van der Waals surface area contributed by atoms with Crippen molar-refractivity contribution in [2.75, 3.05) is 0 Å². The summed E-state index contributed by atoms with van der Waals surface area (Å²) in [4.78, 5) is 1.45. The van der Waals surface area contributed by atoms with Crippen molar-refractivity contribution in [3.63, 3.8) is 0 Å². The molecule has 0 aliphatic rings. The van der Waals surface area contributed by atoms with E-state index in [1.807, 2.05) is 37.3 Å². The molecule has 0 saturated carbocycles. The zero-order chi connectivity index (χ0) is 11.4. The largest absolute Gasteiger partial charge is 0.205 e. The van der Waals surface area contributed by atoms with Gasteiger partial charge in [-0.1, -0.05) is 24.3 Å². The third kappa shape index (κ3) is 2.06. The predicted molar refractivity (Wildman–Crippen MR) is 58.2 cm³/mol. The SMILES string of the molecule is Cc1ccccc1-c1nnn(CCC#N)n1. The van der Waals surface area contributed by atoms with Gasteiger partial charge in [0.25, 0.3) is 0 Å². The summed E-state index contributed by atoms with van der Waals surface area (Å²) in [5.41, 5.74) is 2.09. The maximum absolute atomic E-state index is 8.46. The van der Waals surface area contributed by atoms with Gasteiger partial charge in [-0.2, -0.15) is 10.1 Å². The molecule has 1 aromatic carbocycles. The molecule has 0 spiro atoms. The molecular weight excluding hydrogens is 202 g/mol. The minimum atomic E-state index is 0.392. The molecule has 0 aliphatic heterocycles. The fraction of sp³-hybridized carbons (Fsp3) is 0.273. The van der Waals surface area contributed by atoms with E-state index in [0.29, 0.717) is 18.8 Å². The van der Waals surface area contributed by atoms with Gasteiger partial charge < -0.3 is 0 Å². The molecule has 5 nitrogen and oxygen atoms in total. The van der Waals surface area contributed by atoms with Gasteiger partial charge in [-0.3, -0.25) is 0 Å². The average molecular weight is 213 g/mol. The van der Waals surface area contributed by atoms with Crippen molar-refractivity contribution >= 4 is 0 Å². The number of aromatic nitrogens is 4. The van der Waals surface area contributed by atoms with Crippen molar-refractivity contribution in [2.45, 2.75) is 19.9 Å². The summed E-state index contributed by atoms with van der Waals surface area (Å²) < 4.78 is 0. The summed E-state index contributed by atoms with van der Waals surface area (Å²) in [6.45, 7) is 2.49. The molecule has 0 atom stereocenters. The van der Waals surface area contributed by atoms with Crippen LogP contribution in [0, 0.1) is 18.3 Å². The van der Waals surface area contributed by atoms with E-state index in [2.05, 4.69) is 15.4 Å². The highest BCUT2D eigenvalue weighted by molar-refractivity contribution is 5.58. The average Bonchev–Trinajstić information content (AvgIpc) is 2.75. The quantitative estimate of drug-likeness (QED) is 0.776. The second-order valence-corrected chi connectivity index (χ2v) is 3.43. The zero-order valence-electron chi connectivity index (χ0n) is 8.96. The van der Waals surface area contributed by atoms with Gasteiger partial charge in [-0.25, -0.2) is 0 Å². The third-order valence-corrected chi connectivity index (χ3v) is 2.26. The molecule has 0 fully saturated rings. The van der Waals surface area contributed by atoms with Crippen LogP contribution in [0.4, 0.5) is 0 Å². The molecule has 0 saturated heterocycles. The van der Waals surface area contributed by atoms with Crippen molar-refractivity contribution in [3.05, 3.63) is 29.8 Å². The van der Waals surface area contributed by atoms with Crippen LogP contribution in [0.2, 0.25) is 0 Å². The number of hydrogen-bond donors (Lipinski definition) is 0. The van der Waals surface area contributed by atoms with E-state index in [1.165, 1.54) is 4.80 Å². The molecule has 80 valence electrons. The number of aryl methyl sites for hydroxylation is 2. The molecule has 0 radical (unpaired) electrons. The van der Waals surface area contributed by atoms with Gasteiger partial charge in [0.05, 0.1) is 19.0 Å². The van der Waals surface area contributed by atoms with Crippen LogP contribution in [-0.2, 0) is 6.54 Å². The molecule has 1 heterocycles. The normalized spacial score (nSPS) is 10.0. The van der Waals surface area contributed by atoms with Crippen LogP contribution in [0.3, 0.4) is 0 Å². The molecule has 0 unspecified atom stereocenters. The van der Waals surface area contributed by atoms with E-state index in [4.69, 9.17) is 5.26 Å². The molecule has 2 rings (SSSR count). The van der Waals surface area contributed by atoms with Gasteiger partial charge in [-0.15, -0.1) is 10.2 Å². The molecular formula is C11H11N5. The predicted octanol–water partition coefficient (Wildman–Crippen LogP) is 1.56. The minimum absolute atomic E-state index is 0.392. The first-order valence-corrected chi connectivity index (χ1v) is 5.02. The second kappa shape index (κ2) is 4.53. The first kappa shape index (κ1) is 10.3. The molecule has 0 N–H and O–H groups in total. The maximum atomic E-state index is 8.46. The number of nitriles is 1. The Morgan fingerprint density at radius 2 is 2.19 bits per heavy atom. The van der Waals surface area contributed by atoms with Gasteiger partial charge in [0.1, 0.15) is 0 Å². The Balaban J connectivity index is 2.26. The topological polar surface area (TPSA) is 67.4 Å². The van der Waals surface area contributed by atoms with Gasteiger partial charge in [0.2, 0.25) is 5.82 Å². The molecule has 0 bridgehead atoms. The zero-order valence-corrected chi connectivity index (χ0v) is 8.96. The number of rotatable bonds is 3. The van der Waals surface area contributed by atoms with E-state index < -0.39 is 0 Å². The minimum Gasteiger partial charge on any atom is -0.198 e. The highest BCUT2D eigenvalue weighted by Gasteiger charge is 2.07. The van der Waals surface area contributed by atoms with Crippen LogP contribution in [0.5, 0.6) is 0 Å². The lowest BCUT2D eigenvalue weighted by Crippen LogP contribution is -2.01. The van der Waals surface area contributed by atoms with Gasteiger partial charge in [0.15, 0.2) is 0 Å². The third-order valence-electron chi connectivity index (χ3n) is 2.26. The smallest absolute Gasteiger partial charge is 0.198 e. The van der Waals surface area contributed by atoms with Gasteiger partial charge in [-0.05, 0) is 17.7 Å². The molecule has 0 amide bonds. The van der Waals surface area contributed by atoms with Crippen molar-refractivity contribution < 1.29 is 0 Å². The molecule has 5 heteroatoms. The van der Waals surface area contributed by atoms with Gasteiger partial charge in [0, 0.05) is 5.56 Å². The standard InChI is InChI=1S/C11H11N5/c1-9-5-2-3-6-10(9)11-13-15-16(14-11)8-4-7-12/h2-3,5-6H,4,8H2,1H3. The van der Waals surface area contributed by atoms with Crippen LogP contribution < -0.4 is 0 Å². The fourth-order valence-corrected chi connectivity index (χ4v) is 1.42. The summed E-state index contributed by atoms with van der Waals surface area (Å²) in [6, 6.07) is 9.93. The molecule has 0 aliphatic carbocycles. The Hall–Kier alpha value is -2.22. The number of tetrazole rings is 1. The summed E-state index contributed by atoms with van der Waals surface area (Å²) >= 11 is 0. The summed E-state index contributed by atoms with van der Waals surface area (Å²) in [7, 11) is 0. The van der Waals surface area contributed by atoms with E-state index in [-0.39, 0.29) is 0 Å². The Labute approximate surface area is 93.3 Å². The summed E-state index contributed by atoms with van der Waals surface area (Å²) in [6.07, 6.45) is 0.392. The van der Waals surface area contributed by atoms with Crippen LogP contribution in [-0.4, -0.2) is 20.2 Å². The lowest BCUT2D eigenvalue weighted by molar-refractivity contribution is 0.531. The van der Waals surface area contributed by atoms with Crippen LogP contribution >= 0.6 is 0 Å². The Kier molecular flexibility index (Phi) is 2.92. The maximum Gasteiger partial charge on any atom is 0.205 e. The number of nitrogens with zero attached hydrogens (tertiary/aromatic N) is 5. The van der Waals surface area contributed by atoms with E-state index >= 15 is 0 Å². The van der Waals surface area contributed by atoms with Crippen molar-refractivity contribution in [3.8, 4) is 17.5 Å². The van der Waals surface area contributed by atoms with E-state index in [9.17, 15) is 0 Å². The second-order valence-electron chi connectivity index (χ2n) is 3.43. The van der Waals surface area contributed by atoms with Crippen molar-refractivity contribution in [1.29, 1.82) is 5.26 Å². The van der Waals surface area contributed by atoms with E-state index in [1.54, 1.807) is 0 Å². The first-order chi connectivity index (χ1) is 7.81. The van der Waals surface area contributed by atoms with Crippen LogP contribution in [0.1, 0.15) is 12.0 Å².